The number of hydrogen-bond acceptors (Lipinski definition) is 4. The molecule has 1 amide bonds. The van der Waals surface area contributed by atoms with E-state index in [0.717, 1.165) is 44.0 Å². The summed E-state index contributed by atoms with van der Waals surface area (Å²) in [4.78, 5) is 14.5. The minimum Gasteiger partial charge on any atom is -0.383 e. The molecule has 2 aliphatic carbocycles. The van der Waals surface area contributed by atoms with Crippen molar-refractivity contribution >= 4 is 11.6 Å². The number of amides is 1. The minimum absolute atomic E-state index is 0.143. The van der Waals surface area contributed by atoms with Crippen molar-refractivity contribution in [1.82, 2.24) is 14.7 Å². The molecule has 24 heavy (non-hydrogen) atoms. The second-order valence-corrected chi connectivity index (χ2v) is 7.72. The number of hydrogen-bond donors (Lipinski definition) is 1. The highest BCUT2D eigenvalue weighted by molar-refractivity contribution is 5.93. The van der Waals surface area contributed by atoms with E-state index < -0.39 is 0 Å². The fourth-order valence-corrected chi connectivity index (χ4v) is 3.94. The van der Waals surface area contributed by atoms with Gasteiger partial charge in [-0.1, -0.05) is 6.42 Å². The van der Waals surface area contributed by atoms with E-state index in [4.69, 9.17) is 4.74 Å². The Balaban J connectivity index is 1.38. The van der Waals surface area contributed by atoms with Crippen molar-refractivity contribution in [2.45, 2.75) is 50.6 Å². The van der Waals surface area contributed by atoms with E-state index in [1.54, 1.807) is 13.3 Å². The van der Waals surface area contributed by atoms with Gasteiger partial charge in [0.05, 0.1) is 24.5 Å². The Bertz CT molecular complexity index is 579. The number of carbonyl (C=O) groups excluding carboxylic acids is 1. The van der Waals surface area contributed by atoms with Crippen molar-refractivity contribution < 1.29 is 9.53 Å². The number of anilines is 1. The van der Waals surface area contributed by atoms with Crippen LogP contribution in [-0.2, 0) is 9.53 Å². The molecule has 1 N–H and O–H groups in total. The smallest absolute Gasteiger partial charge is 0.227 e. The molecule has 6 nitrogen and oxygen atoms in total. The first-order valence-corrected chi connectivity index (χ1v) is 9.31. The van der Waals surface area contributed by atoms with Crippen molar-refractivity contribution in [1.29, 1.82) is 0 Å². The molecule has 1 saturated heterocycles. The molecule has 0 radical (unpaired) electrons. The summed E-state index contributed by atoms with van der Waals surface area (Å²) in [5, 5.41) is 7.49. The van der Waals surface area contributed by atoms with Gasteiger partial charge in [-0.2, -0.15) is 5.10 Å². The zero-order valence-electron chi connectivity index (χ0n) is 14.5. The van der Waals surface area contributed by atoms with Crippen molar-refractivity contribution in [3.05, 3.63) is 12.4 Å². The van der Waals surface area contributed by atoms with Gasteiger partial charge in [0.25, 0.3) is 0 Å². The average molecular weight is 332 g/mol. The molecule has 2 saturated carbocycles. The van der Waals surface area contributed by atoms with E-state index in [-0.39, 0.29) is 11.8 Å². The van der Waals surface area contributed by atoms with Crippen molar-refractivity contribution in [2.75, 3.05) is 32.1 Å². The summed E-state index contributed by atoms with van der Waals surface area (Å²) < 4.78 is 7.47. The quantitative estimate of drug-likeness (QED) is 0.832. The van der Waals surface area contributed by atoms with Gasteiger partial charge in [0.15, 0.2) is 0 Å². The lowest BCUT2D eigenvalue weighted by atomic mass is 9.85. The summed E-state index contributed by atoms with van der Waals surface area (Å²) in [6.45, 7) is 3.01. The fraction of sp³-hybridized carbons (Fsp3) is 0.778. The third-order valence-corrected chi connectivity index (χ3v) is 5.77. The Morgan fingerprint density at radius 3 is 2.88 bits per heavy atom. The number of nitrogens with zero attached hydrogens (tertiary/aromatic N) is 3. The average Bonchev–Trinajstić information content (AvgIpc) is 3.16. The van der Waals surface area contributed by atoms with Crippen molar-refractivity contribution in [2.24, 2.45) is 11.8 Å². The van der Waals surface area contributed by atoms with Gasteiger partial charge in [-0.3, -0.25) is 14.4 Å². The highest BCUT2D eigenvalue weighted by atomic mass is 16.5. The molecule has 132 valence electrons. The summed E-state index contributed by atoms with van der Waals surface area (Å²) >= 11 is 0. The van der Waals surface area contributed by atoms with E-state index in [1.807, 2.05) is 10.9 Å². The van der Waals surface area contributed by atoms with Gasteiger partial charge in [0.2, 0.25) is 5.91 Å². The SMILES string of the molecule is COC[C@@H]1C[C@H](n2cc(NC(=O)C3CC3)cn2)CN1CC1CCC1. The summed E-state index contributed by atoms with van der Waals surface area (Å²) in [6.07, 6.45) is 11.0. The van der Waals surface area contributed by atoms with Gasteiger partial charge in [-0.25, -0.2) is 0 Å². The Morgan fingerprint density at radius 2 is 2.21 bits per heavy atom. The second-order valence-electron chi connectivity index (χ2n) is 7.72. The standard InChI is InChI=1S/C18H28N4O2/c1-24-12-17-7-16(11-21(17)9-13-3-2-4-13)22-10-15(8-19-22)20-18(23)14-5-6-14/h8,10,13-14,16-17H,2-7,9,11-12H2,1H3,(H,20,23)/t16-,17-/m0/s1. The maximum atomic E-state index is 11.9. The van der Waals surface area contributed by atoms with Crippen LogP contribution in [0.1, 0.15) is 44.6 Å². The van der Waals surface area contributed by atoms with E-state index >= 15 is 0 Å². The monoisotopic (exact) mass is 332 g/mol. The molecule has 0 aromatic carbocycles. The summed E-state index contributed by atoms with van der Waals surface area (Å²) in [5.41, 5.74) is 0.827. The Morgan fingerprint density at radius 1 is 1.38 bits per heavy atom. The van der Waals surface area contributed by atoms with Crippen LogP contribution >= 0.6 is 0 Å². The number of nitrogens with one attached hydrogen (secondary N) is 1. The van der Waals surface area contributed by atoms with Gasteiger partial charge >= 0.3 is 0 Å². The molecular formula is C18H28N4O2. The van der Waals surface area contributed by atoms with Crippen molar-refractivity contribution in [3.63, 3.8) is 0 Å². The molecule has 1 aliphatic heterocycles. The van der Waals surface area contributed by atoms with Crippen LogP contribution in [0.3, 0.4) is 0 Å². The Kier molecular flexibility index (Phi) is 4.59. The summed E-state index contributed by atoms with van der Waals surface area (Å²) in [7, 11) is 1.79. The number of aromatic nitrogens is 2. The molecule has 6 heteroatoms. The number of rotatable bonds is 7. The summed E-state index contributed by atoms with van der Waals surface area (Å²) in [5.74, 6) is 1.24. The van der Waals surface area contributed by atoms with Gasteiger partial charge in [0.1, 0.15) is 0 Å². The minimum atomic E-state index is 0.143. The van der Waals surface area contributed by atoms with Crippen LogP contribution in [0.5, 0.6) is 0 Å². The molecule has 2 heterocycles. The normalized spacial score (nSPS) is 28.0. The van der Waals surface area contributed by atoms with Crippen molar-refractivity contribution in [3.8, 4) is 0 Å². The van der Waals surface area contributed by atoms with Gasteiger partial charge in [-0.05, 0) is 38.0 Å². The molecule has 4 rings (SSSR count). The molecular weight excluding hydrogens is 304 g/mol. The molecule has 1 aromatic heterocycles. The molecule has 2 atom stereocenters. The predicted molar refractivity (Wildman–Crippen MR) is 91.8 cm³/mol. The highest BCUT2D eigenvalue weighted by Gasteiger charge is 2.36. The fourth-order valence-electron chi connectivity index (χ4n) is 3.94. The van der Waals surface area contributed by atoms with Crippen LogP contribution < -0.4 is 5.32 Å². The third kappa shape index (κ3) is 3.49. The van der Waals surface area contributed by atoms with Crippen LogP contribution in [0, 0.1) is 11.8 Å². The summed E-state index contributed by atoms with van der Waals surface area (Å²) in [6, 6.07) is 0.853. The Labute approximate surface area is 143 Å². The van der Waals surface area contributed by atoms with E-state index in [2.05, 4.69) is 15.3 Å². The van der Waals surface area contributed by atoms with Gasteiger partial charge < -0.3 is 10.1 Å². The van der Waals surface area contributed by atoms with E-state index in [9.17, 15) is 4.79 Å². The van der Waals surface area contributed by atoms with Gasteiger partial charge in [-0.15, -0.1) is 0 Å². The lowest BCUT2D eigenvalue weighted by Crippen LogP contribution is -2.38. The number of methoxy groups -OCH3 is 1. The lowest BCUT2D eigenvalue weighted by molar-refractivity contribution is -0.117. The van der Waals surface area contributed by atoms with Crippen LogP contribution in [0.15, 0.2) is 12.4 Å². The van der Waals surface area contributed by atoms with Crippen LogP contribution in [0.4, 0.5) is 5.69 Å². The zero-order chi connectivity index (χ0) is 16.5. The van der Waals surface area contributed by atoms with Gasteiger partial charge in [0, 0.05) is 38.4 Å². The molecule has 0 bridgehead atoms. The van der Waals surface area contributed by atoms with E-state index in [1.165, 1.54) is 25.8 Å². The molecule has 0 unspecified atom stereocenters. The molecule has 1 aromatic rings. The van der Waals surface area contributed by atoms with Crippen LogP contribution in [0.2, 0.25) is 0 Å². The second kappa shape index (κ2) is 6.84. The largest absolute Gasteiger partial charge is 0.383 e. The van der Waals surface area contributed by atoms with Crippen LogP contribution in [0.25, 0.3) is 0 Å². The predicted octanol–water partition coefficient (Wildman–Crippen LogP) is 2.29. The van der Waals surface area contributed by atoms with E-state index in [0.29, 0.717) is 12.1 Å². The highest BCUT2D eigenvalue weighted by Crippen LogP contribution is 2.34. The number of carbonyl (C=O) groups is 1. The maximum Gasteiger partial charge on any atom is 0.227 e. The first-order valence-electron chi connectivity index (χ1n) is 9.31. The molecule has 3 aliphatic rings. The Hall–Kier alpha value is -1.40. The third-order valence-electron chi connectivity index (χ3n) is 5.77. The van der Waals surface area contributed by atoms with Crippen LogP contribution in [-0.4, -0.2) is 53.4 Å². The lowest BCUT2D eigenvalue weighted by Gasteiger charge is -2.33. The molecule has 0 spiro atoms. The maximum absolute atomic E-state index is 11.9. The number of likely N-dealkylation sites (tertiary alicyclic amines) is 1. The first kappa shape index (κ1) is 16.1. The molecule has 3 fully saturated rings. The topological polar surface area (TPSA) is 59.4 Å². The first-order chi connectivity index (χ1) is 11.7. The zero-order valence-corrected chi connectivity index (χ0v) is 14.5. The number of ether oxygens (including phenoxy) is 1.